The molecule has 0 saturated heterocycles. The molecule has 1 aliphatic rings. The second-order valence-corrected chi connectivity index (χ2v) is 10.5. The number of hydrogen-bond acceptors (Lipinski definition) is 4. The Bertz CT molecular complexity index is 658. The standard InChI is InChI=1S/C21H36NO5P/c1-21(22,15-16-28(24,25)26)14-13-18-11-12-20(27-18)19(23)10-6-5-9-17-7-3-2-4-8-17/h11-12,17H,2-10,13-16,22H2,1H3,(H2,24,25,26). The Balaban J connectivity index is 1.68. The number of carbonyl (C=O) groups is 1. The molecule has 0 radical (unpaired) electrons. The molecule has 1 unspecified atom stereocenters. The Hall–Kier alpha value is -0.940. The lowest BCUT2D eigenvalue weighted by atomic mass is 9.85. The lowest BCUT2D eigenvalue weighted by Gasteiger charge is -2.24. The number of carbonyl (C=O) groups excluding carboxylic acids is 1. The molecule has 160 valence electrons. The monoisotopic (exact) mass is 413 g/mol. The molecular formula is C21H36NO5P. The van der Waals surface area contributed by atoms with Crippen LogP contribution in [0.2, 0.25) is 0 Å². The molecule has 1 aromatic rings. The van der Waals surface area contributed by atoms with E-state index in [1.54, 1.807) is 19.1 Å². The highest BCUT2D eigenvalue weighted by Gasteiger charge is 2.24. The first-order valence-corrected chi connectivity index (χ1v) is 12.4. The minimum atomic E-state index is -4.04. The summed E-state index contributed by atoms with van der Waals surface area (Å²) in [6.07, 6.45) is 11.7. The smallest absolute Gasteiger partial charge is 0.325 e. The van der Waals surface area contributed by atoms with Crippen molar-refractivity contribution >= 4 is 13.4 Å². The zero-order chi connectivity index (χ0) is 20.6. The number of nitrogens with two attached hydrogens (primary N) is 1. The summed E-state index contributed by atoms with van der Waals surface area (Å²) in [6, 6.07) is 3.52. The van der Waals surface area contributed by atoms with Crippen LogP contribution in [0, 0.1) is 5.92 Å². The van der Waals surface area contributed by atoms with Crippen molar-refractivity contribution in [2.45, 2.75) is 89.5 Å². The molecule has 6 nitrogen and oxygen atoms in total. The van der Waals surface area contributed by atoms with E-state index in [1.807, 2.05) is 0 Å². The summed E-state index contributed by atoms with van der Waals surface area (Å²) in [5.74, 6) is 2.00. The molecule has 1 fully saturated rings. The maximum Gasteiger partial charge on any atom is 0.325 e. The highest BCUT2D eigenvalue weighted by atomic mass is 31.2. The van der Waals surface area contributed by atoms with E-state index in [4.69, 9.17) is 19.9 Å². The van der Waals surface area contributed by atoms with Gasteiger partial charge in [0, 0.05) is 18.4 Å². The van der Waals surface area contributed by atoms with Gasteiger partial charge in [-0.05, 0) is 44.2 Å². The number of furan rings is 1. The molecule has 1 heterocycles. The minimum absolute atomic E-state index is 0.0481. The summed E-state index contributed by atoms with van der Waals surface area (Å²) in [5, 5.41) is 0. The van der Waals surface area contributed by atoms with Crippen LogP contribution < -0.4 is 5.73 Å². The molecule has 0 amide bonds. The fourth-order valence-corrected chi connectivity index (χ4v) is 4.72. The maximum absolute atomic E-state index is 12.3. The van der Waals surface area contributed by atoms with Crippen LogP contribution in [0.5, 0.6) is 0 Å². The molecule has 28 heavy (non-hydrogen) atoms. The second-order valence-electron chi connectivity index (χ2n) is 8.73. The van der Waals surface area contributed by atoms with Crippen LogP contribution in [0.3, 0.4) is 0 Å². The van der Waals surface area contributed by atoms with E-state index >= 15 is 0 Å². The van der Waals surface area contributed by atoms with Gasteiger partial charge < -0.3 is 19.9 Å². The third-order valence-electron chi connectivity index (χ3n) is 5.84. The number of ketones is 1. The first-order valence-electron chi connectivity index (χ1n) is 10.6. The fourth-order valence-electron chi connectivity index (χ4n) is 3.91. The van der Waals surface area contributed by atoms with Gasteiger partial charge in [0.1, 0.15) is 5.76 Å². The van der Waals surface area contributed by atoms with E-state index in [9.17, 15) is 9.36 Å². The summed E-state index contributed by atoms with van der Waals surface area (Å²) in [4.78, 5) is 30.3. The largest absolute Gasteiger partial charge is 0.458 e. The van der Waals surface area contributed by atoms with Crippen LogP contribution in [0.4, 0.5) is 0 Å². The third kappa shape index (κ3) is 9.04. The minimum Gasteiger partial charge on any atom is -0.458 e. The molecule has 1 aromatic heterocycles. The lowest BCUT2D eigenvalue weighted by Crippen LogP contribution is -2.37. The molecule has 0 aliphatic heterocycles. The van der Waals surface area contributed by atoms with Crippen molar-refractivity contribution < 1.29 is 23.6 Å². The Kier molecular flexibility index (Phi) is 8.94. The summed E-state index contributed by atoms with van der Waals surface area (Å²) in [6.45, 7) is 1.78. The molecule has 7 heteroatoms. The van der Waals surface area contributed by atoms with Gasteiger partial charge in [-0.2, -0.15) is 0 Å². The van der Waals surface area contributed by atoms with Crippen molar-refractivity contribution in [3.63, 3.8) is 0 Å². The summed E-state index contributed by atoms with van der Waals surface area (Å²) >= 11 is 0. The molecule has 4 N–H and O–H groups in total. The van der Waals surface area contributed by atoms with Crippen molar-refractivity contribution in [3.8, 4) is 0 Å². The van der Waals surface area contributed by atoms with Gasteiger partial charge in [-0.3, -0.25) is 9.36 Å². The van der Waals surface area contributed by atoms with Gasteiger partial charge in [0.25, 0.3) is 0 Å². The average Bonchev–Trinajstić information content (AvgIpc) is 3.12. The van der Waals surface area contributed by atoms with Gasteiger partial charge in [-0.1, -0.05) is 44.9 Å². The van der Waals surface area contributed by atoms with Gasteiger partial charge in [0.2, 0.25) is 0 Å². The molecule has 1 aliphatic carbocycles. The van der Waals surface area contributed by atoms with Gasteiger partial charge in [-0.25, -0.2) is 0 Å². The number of rotatable bonds is 12. The maximum atomic E-state index is 12.3. The fraction of sp³-hybridized carbons (Fsp3) is 0.762. The Labute approximate surface area is 168 Å². The van der Waals surface area contributed by atoms with Crippen LogP contribution in [0.25, 0.3) is 0 Å². The van der Waals surface area contributed by atoms with Crippen molar-refractivity contribution in [1.29, 1.82) is 0 Å². The second kappa shape index (κ2) is 10.7. The van der Waals surface area contributed by atoms with E-state index in [2.05, 4.69) is 0 Å². The van der Waals surface area contributed by atoms with Crippen LogP contribution >= 0.6 is 7.60 Å². The first-order chi connectivity index (χ1) is 13.1. The number of Topliss-reactive ketones (excluding diaryl/α,β-unsaturated/α-hetero) is 1. The third-order valence-corrected chi connectivity index (χ3v) is 6.65. The van der Waals surface area contributed by atoms with Crippen LogP contribution in [-0.2, 0) is 11.0 Å². The lowest BCUT2D eigenvalue weighted by molar-refractivity contribution is 0.0949. The average molecular weight is 413 g/mol. The van der Waals surface area contributed by atoms with E-state index in [0.29, 0.717) is 30.8 Å². The number of hydrogen-bond donors (Lipinski definition) is 3. The molecule has 0 spiro atoms. The zero-order valence-corrected chi connectivity index (χ0v) is 18.0. The molecule has 0 aromatic carbocycles. The van der Waals surface area contributed by atoms with E-state index in [0.717, 1.165) is 18.8 Å². The Morgan fingerprint density at radius 2 is 1.93 bits per heavy atom. The zero-order valence-electron chi connectivity index (χ0n) is 17.1. The van der Waals surface area contributed by atoms with Crippen molar-refractivity contribution in [3.05, 3.63) is 23.7 Å². The van der Waals surface area contributed by atoms with E-state index in [-0.39, 0.29) is 18.4 Å². The summed E-state index contributed by atoms with van der Waals surface area (Å²) < 4.78 is 16.7. The molecule has 1 atom stereocenters. The van der Waals surface area contributed by atoms with Gasteiger partial charge in [-0.15, -0.1) is 0 Å². The van der Waals surface area contributed by atoms with Gasteiger partial charge in [0.05, 0.1) is 6.16 Å². The van der Waals surface area contributed by atoms with Crippen molar-refractivity contribution in [2.24, 2.45) is 11.7 Å². The molecule has 0 bridgehead atoms. The van der Waals surface area contributed by atoms with Gasteiger partial charge in [0.15, 0.2) is 11.5 Å². The Morgan fingerprint density at radius 3 is 2.61 bits per heavy atom. The molecule has 1 saturated carbocycles. The molecular weight excluding hydrogens is 377 g/mol. The van der Waals surface area contributed by atoms with Gasteiger partial charge >= 0.3 is 7.60 Å². The van der Waals surface area contributed by atoms with E-state index < -0.39 is 13.1 Å². The number of unbranched alkanes of at least 4 members (excludes halogenated alkanes) is 1. The quantitative estimate of drug-likeness (QED) is 0.257. The van der Waals surface area contributed by atoms with Crippen LogP contribution in [0.1, 0.15) is 93.9 Å². The SMILES string of the molecule is CC(N)(CCc1ccc(C(=O)CCCCC2CCCCC2)o1)CCP(=O)(O)O. The topological polar surface area (TPSA) is 114 Å². The predicted molar refractivity (Wildman–Crippen MR) is 111 cm³/mol. The highest BCUT2D eigenvalue weighted by Crippen LogP contribution is 2.37. The van der Waals surface area contributed by atoms with Crippen molar-refractivity contribution in [1.82, 2.24) is 0 Å². The Morgan fingerprint density at radius 1 is 1.21 bits per heavy atom. The highest BCUT2D eigenvalue weighted by molar-refractivity contribution is 7.51. The number of aryl methyl sites for hydroxylation is 1. The first kappa shape index (κ1) is 23.3. The molecule has 2 rings (SSSR count). The summed E-state index contributed by atoms with van der Waals surface area (Å²) in [5.41, 5.74) is 5.45. The summed E-state index contributed by atoms with van der Waals surface area (Å²) in [7, 11) is -4.04. The normalized spacial score (nSPS) is 18.1. The van der Waals surface area contributed by atoms with Crippen molar-refractivity contribution in [2.75, 3.05) is 6.16 Å². The van der Waals surface area contributed by atoms with Crippen LogP contribution in [0.15, 0.2) is 16.5 Å². The van der Waals surface area contributed by atoms with E-state index in [1.165, 1.54) is 38.5 Å². The predicted octanol–water partition coefficient (Wildman–Crippen LogP) is 4.82. The van der Waals surface area contributed by atoms with Crippen LogP contribution in [-0.4, -0.2) is 27.3 Å².